The van der Waals surface area contributed by atoms with Crippen LogP contribution in [0.5, 0.6) is 0 Å². The first-order valence-electron chi connectivity index (χ1n) is 6.78. The Balaban J connectivity index is 2.15. The second-order valence-corrected chi connectivity index (χ2v) is 6.20. The summed E-state index contributed by atoms with van der Waals surface area (Å²) in [6, 6.07) is 12.4. The third-order valence-corrected chi connectivity index (χ3v) is 4.68. The van der Waals surface area contributed by atoms with Crippen molar-refractivity contribution < 1.29 is 5.21 Å². The van der Waals surface area contributed by atoms with Crippen LogP contribution < -0.4 is 5.73 Å². The molecule has 0 unspecified atom stereocenters. The van der Waals surface area contributed by atoms with Crippen LogP contribution in [0.15, 0.2) is 46.4 Å². The summed E-state index contributed by atoms with van der Waals surface area (Å²) in [6.45, 7) is 6.30. The van der Waals surface area contributed by atoms with Crippen molar-refractivity contribution in [2.24, 2.45) is 10.9 Å². The summed E-state index contributed by atoms with van der Waals surface area (Å²) in [5.74, 6) is 1.05. The van der Waals surface area contributed by atoms with E-state index in [9.17, 15) is 0 Å². The molecule has 4 heteroatoms. The normalized spacial score (nSPS) is 11.7. The monoisotopic (exact) mass is 300 g/mol. The van der Waals surface area contributed by atoms with Crippen molar-refractivity contribution in [1.82, 2.24) is 0 Å². The van der Waals surface area contributed by atoms with Gasteiger partial charge in [0, 0.05) is 16.2 Å². The molecule has 0 aromatic heterocycles. The van der Waals surface area contributed by atoms with Gasteiger partial charge in [-0.05, 0) is 49.6 Å². The number of rotatable bonds is 4. The van der Waals surface area contributed by atoms with Crippen LogP contribution in [-0.4, -0.2) is 11.0 Å². The molecule has 0 aliphatic carbocycles. The molecule has 0 fully saturated rings. The Morgan fingerprint density at radius 1 is 1.10 bits per heavy atom. The van der Waals surface area contributed by atoms with Crippen LogP contribution in [0.1, 0.15) is 27.8 Å². The Morgan fingerprint density at radius 2 is 1.86 bits per heavy atom. The number of nitrogens with zero attached hydrogens (tertiary/aromatic N) is 1. The van der Waals surface area contributed by atoms with Gasteiger partial charge in [-0.25, -0.2) is 0 Å². The van der Waals surface area contributed by atoms with E-state index in [4.69, 9.17) is 10.9 Å². The van der Waals surface area contributed by atoms with Crippen LogP contribution >= 0.6 is 11.8 Å². The van der Waals surface area contributed by atoms with Gasteiger partial charge >= 0.3 is 0 Å². The first-order valence-corrected chi connectivity index (χ1v) is 7.77. The fraction of sp³-hybridized carbons (Fsp3) is 0.235. The molecule has 0 radical (unpaired) electrons. The third kappa shape index (κ3) is 3.79. The van der Waals surface area contributed by atoms with E-state index in [1.54, 1.807) is 0 Å². The van der Waals surface area contributed by atoms with Crippen LogP contribution in [0.25, 0.3) is 0 Å². The lowest BCUT2D eigenvalue weighted by atomic mass is 10.1. The van der Waals surface area contributed by atoms with Gasteiger partial charge in [0.25, 0.3) is 0 Å². The fourth-order valence-electron chi connectivity index (χ4n) is 2.09. The van der Waals surface area contributed by atoms with Crippen molar-refractivity contribution in [2.75, 3.05) is 0 Å². The number of oxime groups is 1. The van der Waals surface area contributed by atoms with Crippen molar-refractivity contribution in [3.8, 4) is 0 Å². The van der Waals surface area contributed by atoms with Gasteiger partial charge in [0.1, 0.15) is 0 Å². The van der Waals surface area contributed by atoms with Crippen LogP contribution in [0.3, 0.4) is 0 Å². The Bertz CT molecular complexity index is 680. The zero-order valence-corrected chi connectivity index (χ0v) is 13.4. The average molecular weight is 300 g/mol. The van der Waals surface area contributed by atoms with Crippen LogP contribution in [0.4, 0.5) is 0 Å². The van der Waals surface area contributed by atoms with Crippen molar-refractivity contribution in [2.45, 2.75) is 31.4 Å². The van der Waals surface area contributed by atoms with Crippen LogP contribution in [0, 0.1) is 20.8 Å². The van der Waals surface area contributed by atoms with Gasteiger partial charge in [0.2, 0.25) is 0 Å². The van der Waals surface area contributed by atoms with E-state index < -0.39 is 0 Å². The Hall–Kier alpha value is -1.94. The van der Waals surface area contributed by atoms with E-state index in [0.29, 0.717) is 0 Å². The van der Waals surface area contributed by atoms with Gasteiger partial charge in [-0.1, -0.05) is 35.0 Å². The summed E-state index contributed by atoms with van der Waals surface area (Å²) >= 11 is 1.84. The second kappa shape index (κ2) is 6.68. The van der Waals surface area contributed by atoms with E-state index in [1.165, 1.54) is 21.6 Å². The summed E-state index contributed by atoms with van der Waals surface area (Å²) < 4.78 is 0. The molecule has 2 aromatic rings. The highest BCUT2D eigenvalue weighted by Gasteiger charge is 2.06. The smallest absolute Gasteiger partial charge is 0.170 e. The Morgan fingerprint density at radius 3 is 2.52 bits per heavy atom. The van der Waals surface area contributed by atoms with Gasteiger partial charge in [0.05, 0.1) is 0 Å². The number of aryl methyl sites for hydroxylation is 3. The van der Waals surface area contributed by atoms with Crippen molar-refractivity contribution in [3.63, 3.8) is 0 Å². The molecule has 0 saturated carbocycles. The number of hydrogen-bond acceptors (Lipinski definition) is 3. The Labute approximate surface area is 129 Å². The number of thioether (sulfide) groups is 1. The van der Waals surface area contributed by atoms with Gasteiger partial charge in [-0.2, -0.15) is 0 Å². The predicted octanol–water partition coefficient (Wildman–Crippen LogP) is 4.00. The number of benzene rings is 2. The van der Waals surface area contributed by atoms with E-state index in [0.717, 1.165) is 16.9 Å². The molecule has 0 amide bonds. The number of nitrogens with two attached hydrogens (primary N) is 1. The quantitative estimate of drug-likeness (QED) is 0.295. The summed E-state index contributed by atoms with van der Waals surface area (Å²) in [4.78, 5) is 1.31. The zero-order chi connectivity index (χ0) is 15.4. The highest BCUT2D eigenvalue weighted by molar-refractivity contribution is 7.98. The molecule has 110 valence electrons. The summed E-state index contributed by atoms with van der Waals surface area (Å²) in [6.07, 6.45) is 0. The topological polar surface area (TPSA) is 58.6 Å². The van der Waals surface area contributed by atoms with Crippen molar-refractivity contribution in [3.05, 3.63) is 64.2 Å². The minimum atomic E-state index is 0.145. The third-order valence-electron chi connectivity index (χ3n) is 3.47. The Kier molecular flexibility index (Phi) is 4.91. The maximum absolute atomic E-state index is 8.72. The molecule has 0 bridgehead atoms. The largest absolute Gasteiger partial charge is 0.409 e. The molecular formula is C17H20N2OS. The van der Waals surface area contributed by atoms with Gasteiger partial charge in [0.15, 0.2) is 5.84 Å². The van der Waals surface area contributed by atoms with Crippen molar-refractivity contribution >= 4 is 17.6 Å². The molecule has 3 N–H and O–H groups in total. The fourth-order valence-corrected chi connectivity index (χ4v) is 3.29. The van der Waals surface area contributed by atoms with Gasteiger partial charge < -0.3 is 10.9 Å². The molecule has 0 saturated heterocycles. The van der Waals surface area contributed by atoms with E-state index >= 15 is 0 Å². The van der Waals surface area contributed by atoms with Gasteiger partial charge in [-0.3, -0.25) is 0 Å². The second-order valence-electron chi connectivity index (χ2n) is 5.18. The van der Waals surface area contributed by atoms with Crippen LogP contribution in [0.2, 0.25) is 0 Å². The van der Waals surface area contributed by atoms with E-state index in [2.05, 4.69) is 37.2 Å². The predicted molar refractivity (Wildman–Crippen MR) is 89.2 cm³/mol. The molecule has 0 aliphatic heterocycles. The molecule has 0 atom stereocenters. The maximum atomic E-state index is 8.72. The highest BCUT2D eigenvalue weighted by atomic mass is 32.2. The van der Waals surface area contributed by atoms with E-state index in [-0.39, 0.29) is 5.84 Å². The maximum Gasteiger partial charge on any atom is 0.170 e. The van der Waals surface area contributed by atoms with Gasteiger partial charge in [-0.15, -0.1) is 11.8 Å². The highest BCUT2D eigenvalue weighted by Crippen LogP contribution is 2.28. The first kappa shape index (κ1) is 15.4. The average Bonchev–Trinajstić information content (AvgIpc) is 2.48. The summed E-state index contributed by atoms with van der Waals surface area (Å²) in [5, 5.41) is 11.7. The molecule has 0 spiro atoms. The minimum Gasteiger partial charge on any atom is -0.409 e. The molecule has 21 heavy (non-hydrogen) atoms. The molecule has 0 aliphatic rings. The molecular weight excluding hydrogens is 280 g/mol. The summed E-state index contributed by atoms with van der Waals surface area (Å²) in [7, 11) is 0. The minimum absolute atomic E-state index is 0.145. The lowest BCUT2D eigenvalue weighted by molar-refractivity contribution is 0.318. The zero-order valence-electron chi connectivity index (χ0n) is 12.6. The molecule has 2 rings (SSSR count). The van der Waals surface area contributed by atoms with Crippen molar-refractivity contribution in [1.29, 1.82) is 0 Å². The molecule has 2 aromatic carbocycles. The standard InChI is InChI=1S/C17H20N2OS/c1-11-4-5-12(2)16(8-11)21-10-15-7-6-14(9-13(15)3)17(18)19-20/h4-9,20H,10H2,1-3H3,(H2,18,19). The van der Waals surface area contributed by atoms with Crippen LogP contribution in [-0.2, 0) is 5.75 Å². The molecule has 3 nitrogen and oxygen atoms in total. The number of hydrogen-bond donors (Lipinski definition) is 2. The van der Waals surface area contributed by atoms with E-state index in [1.807, 2.05) is 36.9 Å². The number of amidine groups is 1. The summed E-state index contributed by atoms with van der Waals surface area (Å²) in [5.41, 5.74) is 11.3. The first-order chi connectivity index (χ1) is 10.0. The molecule has 0 heterocycles. The lowest BCUT2D eigenvalue weighted by Gasteiger charge is -2.10. The SMILES string of the molecule is Cc1ccc(C)c(SCc2ccc(/C(N)=N/O)cc2C)c1. The lowest BCUT2D eigenvalue weighted by Crippen LogP contribution is -2.13.